The number of rotatable bonds is 13. The maximum absolute atomic E-state index is 14.1. The summed E-state index contributed by atoms with van der Waals surface area (Å²) in [6.45, 7) is 15.1. The summed E-state index contributed by atoms with van der Waals surface area (Å²) < 4.78 is 37.8. The van der Waals surface area contributed by atoms with Gasteiger partial charge in [0.25, 0.3) is 0 Å². The number of ether oxygens (including phenoxy) is 2. The van der Waals surface area contributed by atoms with Gasteiger partial charge in [0.1, 0.15) is 23.7 Å². The number of alkyl carbamates (subject to hydrolysis) is 2. The molecule has 0 spiro atoms. The van der Waals surface area contributed by atoms with Crippen LogP contribution in [-0.2, 0) is 34.3 Å². The van der Waals surface area contributed by atoms with E-state index in [4.69, 9.17) is 19.4 Å². The molecule has 18 heteroatoms. The monoisotopic (exact) mass is 1000 g/mol. The van der Waals surface area contributed by atoms with Gasteiger partial charge in [-0.15, -0.1) is 0 Å². The van der Waals surface area contributed by atoms with Crippen LogP contribution in [0.15, 0.2) is 85.2 Å². The molecule has 3 saturated heterocycles. The third-order valence-electron chi connectivity index (χ3n) is 14.4. The Morgan fingerprint density at radius 2 is 1.03 bits per heavy atom. The van der Waals surface area contributed by atoms with Crippen LogP contribution in [-0.4, -0.2) is 113 Å². The molecule has 72 heavy (non-hydrogen) atoms. The van der Waals surface area contributed by atoms with Crippen molar-refractivity contribution < 1.29 is 37.1 Å². The zero-order valence-electron chi connectivity index (χ0n) is 42.8. The lowest BCUT2D eigenvalue weighted by Gasteiger charge is -2.44. The number of benzene rings is 3. The van der Waals surface area contributed by atoms with Crippen molar-refractivity contribution in [2.45, 2.75) is 116 Å². The van der Waals surface area contributed by atoms with Crippen molar-refractivity contribution in [3.63, 3.8) is 0 Å². The van der Waals surface area contributed by atoms with Crippen molar-refractivity contribution in [2.24, 2.45) is 11.8 Å². The molecule has 5 aromatic rings. The molecule has 384 valence electrons. The summed E-state index contributed by atoms with van der Waals surface area (Å²) in [5.41, 5.74) is 6.73. The lowest BCUT2D eigenvalue weighted by Crippen LogP contribution is -2.51. The van der Waals surface area contributed by atoms with E-state index in [2.05, 4.69) is 70.5 Å². The third kappa shape index (κ3) is 11.0. The van der Waals surface area contributed by atoms with E-state index in [1.54, 1.807) is 9.80 Å². The number of aromatic amines is 2. The summed E-state index contributed by atoms with van der Waals surface area (Å²) in [5, 5.41) is 5.40. The van der Waals surface area contributed by atoms with E-state index in [0.717, 1.165) is 53.6 Å². The van der Waals surface area contributed by atoms with Crippen molar-refractivity contribution in [1.29, 1.82) is 0 Å². The number of H-pyrrole nitrogens is 2. The molecule has 2 unspecified atom stereocenters. The second-order valence-electron chi connectivity index (χ2n) is 21.0. The highest BCUT2D eigenvalue weighted by Gasteiger charge is 2.42. The average Bonchev–Trinajstić information content (AvgIpc) is 4.21. The van der Waals surface area contributed by atoms with E-state index in [1.165, 1.54) is 19.8 Å². The average molecular weight is 1000 g/mol. The summed E-state index contributed by atoms with van der Waals surface area (Å²) in [4.78, 5) is 74.1. The molecule has 3 aromatic carbocycles. The Morgan fingerprint density at radius 3 is 1.39 bits per heavy atom. The van der Waals surface area contributed by atoms with Crippen molar-refractivity contribution in [3.8, 4) is 22.5 Å². The Kier molecular flexibility index (Phi) is 15.2. The first-order valence-electron chi connectivity index (χ1n) is 25.0. The van der Waals surface area contributed by atoms with Crippen molar-refractivity contribution in [1.82, 2.24) is 40.4 Å². The van der Waals surface area contributed by atoms with E-state index >= 15 is 0 Å². The molecule has 3 fully saturated rings. The molecule has 4 N–H and O–H groups in total. The molecule has 0 aliphatic carbocycles. The first kappa shape index (κ1) is 51.7. The van der Waals surface area contributed by atoms with Crippen LogP contribution in [0.4, 0.5) is 15.3 Å². The van der Waals surface area contributed by atoms with Crippen LogP contribution >= 0.6 is 0 Å². The van der Waals surface area contributed by atoms with Crippen LogP contribution in [0.1, 0.15) is 127 Å². The number of carbonyl (C=O) groups is 4. The molecule has 3 aliphatic heterocycles. The van der Waals surface area contributed by atoms with Gasteiger partial charge in [0.15, 0.2) is 9.84 Å². The molecule has 4 amide bonds. The highest BCUT2D eigenvalue weighted by molar-refractivity contribution is 7.91. The Bertz CT molecular complexity index is 2680. The Labute approximate surface area is 422 Å². The zero-order chi connectivity index (χ0) is 51.6. The Morgan fingerprint density at radius 1 is 0.625 bits per heavy atom. The first-order chi connectivity index (χ1) is 34.3. The number of hydrogen-bond acceptors (Lipinski definition) is 11. The second kappa shape index (κ2) is 21.2. The standard InChI is InChI=1S/C54H69N9O8S/c1-32(2)46(59-52(66)70-8)50(64)61-26-10-12-42(61)48-55-28-40(57-48)34-14-18-36(19-15-34)44-30-72(68,69)31-45(63(44)39-24-22-38(23-25-39)54(5,6)7)37-20-16-35(17-21-37)41-29-56-49(58-41)43-13-11-27-62(43)51(65)47(33(3)4)60-53(67)71-9/h14-25,28-29,32-33,42-47H,10-13,26-27,30-31H2,1-9H3,(H,55,57)(H,56,58)(H,59,66)(H,60,67)/t42-,43-,44?,45?,46-,47-/m0/s1. The molecule has 0 bridgehead atoms. The van der Waals surface area contributed by atoms with Crippen LogP contribution in [0.5, 0.6) is 0 Å². The van der Waals surface area contributed by atoms with E-state index in [-0.39, 0.29) is 52.7 Å². The van der Waals surface area contributed by atoms with Crippen molar-refractivity contribution >= 4 is 39.5 Å². The molecule has 0 saturated carbocycles. The summed E-state index contributed by atoms with van der Waals surface area (Å²) in [7, 11) is -1.000. The number of sulfone groups is 1. The van der Waals surface area contributed by atoms with Crippen LogP contribution in [0.25, 0.3) is 22.5 Å². The van der Waals surface area contributed by atoms with Gasteiger partial charge in [-0.3, -0.25) is 9.59 Å². The molecule has 6 atom stereocenters. The number of carbonyl (C=O) groups excluding carboxylic acids is 4. The molecular weight excluding hydrogens is 935 g/mol. The molecule has 0 radical (unpaired) electrons. The first-order valence-corrected chi connectivity index (χ1v) is 26.8. The van der Waals surface area contributed by atoms with E-state index in [1.807, 2.05) is 88.6 Å². The maximum atomic E-state index is 14.1. The number of anilines is 1. The largest absolute Gasteiger partial charge is 0.453 e. The van der Waals surface area contributed by atoms with Gasteiger partial charge in [0.2, 0.25) is 11.8 Å². The van der Waals surface area contributed by atoms with Gasteiger partial charge in [0.05, 0.1) is 61.3 Å². The van der Waals surface area contributed by atoms with Gasteiger partial charge in [-0.2, -0.15) is 0 Å². The van der Waals surface area contributed by atoms with Crippen LogP contribution in [0.3, 0.4) is 0 Å². The second-order valence-corrected chi connectivity index (χ2v) is 23.1. The van der Waals surface area contributed by atoms with Gasteiger partial charge in [-0.05, 0) is 71.8 Å². The predicted octanol–water partition coefficient (Wildman–Crippen LogP) is 8.57. The van der Waals surface area contributed by atoms with Gasteiger partial charge in [0, 0.05) is 42.3 Å². The topological polar surface area (TPSA) is 212 Å². The summed E-state index contributed by atoms with van der Waals surface area (Å²) >= 11 is 0. The maximum Gasteiger partial charge on any atom is 0.407 e. The number of hydrogen-bond donors (Lipinski definition) is 4. The molecule has 17 nitrogen and oxygen atoms in total. The van der Waals surface area contributed by atoms with Crippen LogP contribution in [0, 0.1) is 11.8 Å². The number of methoxy groups -OCH3 is 2. The minimum Gasteiger partial charge on any atom is -0.453 e. The number of likely N-dealkylation sites (tertiary alicyclic amines) is 2. The Hall–Kier alpha value is -6.69. The minimum absolute atomic E-state index is 0.0738. The van der Waals surface area contributed by atoms with Gasteiger partial charge < -0.3 is 44.8 Å². The molecule has 5 heterocycles. The van der Waals surface area contributed by atoms with Gasteiger partial charge in [-0.25, -0.2) is 28.0 Å². The quantitative estimate of drug-likeness (QED) is 0.0877. The van der Waals surface area contributed by atoms with Crippen molar-refractivity contribution in [2.75, 3.05) is 43.7 Å². The smallest absolute Gasteiger partial charge is 0.407 e. The van der Waals surface area contributed by atoms with E-state index in [9.17, 15) is 27.6 Å². The summed E-state index contributed by atoms with van der Waals surface area (Å²) in [6, 6.07) is 21.1. The Balaban J connectivity index is 1.05. The fourth-order valence-corrected chi connectivity index (χ4v) is 12.2. The third-order valence-corrected chi connectivity index (χ3v) is 16.0. The molecule has 3 aliphatic rings. The normalized spacial score (nSPS) is 20.9. The highest BCUT2D eigenvalue weighted by Crippen LogP contribution is 2.43. The highest BCUT2D eigenvalue weighted by atomic mass is 32.2. The van der Waals surface area contributed by atoms with Crippen LogP contribution in [0.2, 0.25) is 0 Å². The van der Waals surface area contributed by atoms with E-state index < -0.39 is 46.2 Å². The van der Waals surface area contributed by atoms with Crippen LogP contribution < -0.4 is 15.5 Å². The number of aromatic nitrogens is 4. The number of nitrogens with one attached hydrogen (secondary N) is 4. The van der Waals surface area contributed by atoms with E-state index in [0.29, 0.717) is 36.1 Å². The van der Waals surface area contributed by atoms with Crippen molar-refractivity contribution in [3.05, 3.63) is 114 Å². The fourth-order valence-electron chi connectivity index (χ4n) is 10.4. The number of amides is 4. The molecular formula is C54H69N9O8S. The fraction of sp³-hybridized carbons (Fsp3) is 0.481. The predicted molar refractivity (Wildman–Crippen MR) is 276 cm³/mol. The number of imidazole rings is 2. The molecule has 8 rings (SSSR count). The zero-order valence-corrected chi connectivity index (χ0v) is 43.6. The lowest BCUT2D eigenvalue weighted by molar-refractivity contribution is -0.136. The SMILES string of the molecule is COC(=O)N[C@H](C(=O)N1CCC[C@H]1c1nc(-c2ccc(C3CS(=O)(=O)CC(c4ccc(-c5c[nH]c([C@@H]6CCCN6C(=O)[C@@H](NC(=O)OC)C(C)C)n5)cc4)N3c3ccc(C(C)(C)C)cc3)cc2)c[nH]1)C(C)C. The minimum atomic E-state index is -3.55. The summed E-state index contributed by atoms with van der Waals surface area (Å²) in [5.74, 6) is 0.491. The molecule has 2 aromatic heterocycles. The van der Waals surface area contributed by atoms with Gasteiger partial charge >= 0.3 is 12.2 Å². The summed E-state index contributed by atoms with van der Waals surface area (Å²) in [6.07, 6.45) is 5.38. The van der Waals surface area contributed by atoms with Gasteiger partial charge in [-0.1, -0.05) is 109 Å². The lowest BCUT2D eigenvalue weighted by atomic mass is 9.87. The number of nitrogens with zero attached hydrogens (tertiary/aromatic N) is 5.